The van der Waals surface area contributed by atoms with E-state index in [0.717, 1.165) is 16.8 Å². The molecular weight excluding hydrogens is 340 g/mol. The van der Waals surface area contributed by atoms with E-state index in [1.807, 2.05) is 32.0 Å². The Hall–Kier alpha value is -2.60. The van der Waals surface area contributed by atoms with E-state index in [4.69, 9.17) is 5.73 Å². The number of carbonyl (C=O) groups excluding carboxylic acids is 2. The lowest BCUT2D eigenvalue weighted by atomic mass is 10.1. The molecule has 1 saturated heterocycles. The summed E-state index contributed by atoms with van der Waals surface area (Å²) in [4.78, 5) is 30.4. The second-order valence-electron chi connectivity index (χ2n) is 6.09. The minimum absolute atomic E-state index is 0. The van der Waals surface area contributed by atoms with E-state index >= 15 is 0 Å². The standard InChI is InChI=1S/C18H20N4O2.ClH/c1-11-4-3-5-15(12(11)2)22-10-13(8-17(22)23)18(24)21-14-6-7-16(19)20-9-14;/h3-7,9,13H,8,10H2,1-2H3,(H2,19,20)(H,21,24);1H. The van der Waals surface area contributed by atoms with Crippen LogP contribution in [0.5, 0.6) is 0 Å². The smallest absolute Gasteiger partial charge is 0.229 e. The van der Waals surface area contributed by atoms with Crippen molar-refractivity contribution in [3.05, 3.63) is 47.7 Å². The van der Waals surface area contributed by atoms with Gasteiger partial charge in [-0.05, 0) is 43.2 Å². The van der Waals surface area contributed by atoms with E-state index in [0.29, 0.717) is 18.1 Å². The van der Waals surface area contributed by atoms with Crippen LogP contribution in [0.1, 0.15) is 17.5 Å². The fourth-order valence-electron chi connectivity index (χ4n) is 2.87. The molecule has 0 saturated carbocycles. The van der Waals surface area contributed by atoms with Gasteiger partial charge in [-0.3, -0.25) is 9.59 Å². The number of rotatable bonds is 3. The number of nitrogens with one attached hydrogen (secondary N) is 1. The number of aromatic nitrogens is 1. The monoisotopic (exact) mass is 360 g/mol. The highest BCUT2D eigenvalue weighted by molar-refractivity contribution is 6.03. The second kappa shape index (κ2) is 7.53. The minimum Gasteiger partial charge on any atom is -0.384 e. The molecule has 0 bridgehead atoms. The van der Waals surface area contributed by atoms with Gasteiger partial charge in [0.05, 0.1) is 17.8 Å². The molecule has 1 fully saturated rings. The van der Waals surface area contributed by atoms with Gasteiger partial charge in [-0.2, -0.15) is 0 Å². The lowest BCUT2D eigenvalue weighted by Crippen LogP contribution is -2.28. The predicted octanol–water partition coefficient (Wildman–Crippen LogP) is 2.69. The number of aryl methyl sites for hydroxylation is 1. The molecule has 132 valence electrons. The van der Waals surface area contributed by atoms with Gasteiger partial charge in [0.1, 0.15) is 5.82 Å². The Morgan fingerprint density at radius 2 is 2.04 bits per heavy atom. The highest BCUT2D eigenvalue weighted by atomic mass is 35.5. The third-order valence-electron chi connectivity index (χ3n) is 4.42. The average molecular weight is 361 g/mol. The molecule has 1 aliphatic rings. The largest absolute Gasteiger partial charge is 0.384 e. The van der Waals surface area contributed by atoms with Crippen molar-refractivity contribution in [1.29, 1.82) is 0 Å². The molecule has 2 aromatic rings. The molecule has 0 aliphatic carbocycles. The van der Waals surface area contributed by atoms with Gasteiger partial charge in [-0.15, -0.1) is 12.4 Å². The second-order valence-corrected chi connectivity index (χ2v) is 6.09. The number of hydrogen-bond donors (Lipinski definition) is 2. The predicted molar refractivity (Wildman–Crippen MR) is 101 cm³/mol. The maximum Gasteiger partial charge on any atom is 0.229 e. The summed E-state index contributed by atoms with van der Waals surface area (Å²) in [5.74, 6) is -0.192. The van der Waals surface area contributed by atoms with Crippen LogP contribution in [0.25, 0.3) is 0 Å². The molecular formula is C18H21ClN4O2. The maximum absolute atomic E-state index is 12.4. The first-order valence-corrected chi connectivity index (χ1v) is 7.84. The highest BCUT2D eigenvalue weighted by Crippen LogP contribution is 2.29. The van der Waals surface area contributed by atoms with Crippen molar-refractivity contribution in [3.8, 4) is 0 Å². The number of anilines is 3. The molecule has 7 heteroatoms. The summed E-state index contributed by atoms with van der Waals surface area (Å²) >= 11 is 0. The number of carbonyl (C=O) groups is 2. The molecule has 1 aliphatic heterocycles. The molecule has 1 unspecified atom stereocenters. The van der Waals surface area contributed by atoms with Gasteiger partial charge in [0.25, 0.3) is 0 Å². The van der Waals surface area contributed by atoms with Crippen LogP contribution >= 0.6 is 12.4 Å². The SMILES string of the molecule is Cc1cccc(N2CC(C(=O)Nc3ccc(N)nc3)CC2=O)c1C.Cl. The van der Waals surface area contributed by atoms with Gasteiger partial charge >= 0.3 is 0 Å². The van der Waals surface area contributed by atoms with Crippen molar-refractivity contribution in [1.82, 2.24) is 4.98 Å². The topological polar surface area (TPSA) is 88.3 Å². The summed E-state index contributed by atoms with van der Waals surface area (Å²) in [6.07, 6.45) is 1.72. The molecule has 2 amide bonds. The van der Waals surface area contributed by atoms with Crippen LogP contribution < -0.4 is 16.0 Å². The number of nitrogens with two attached hydrogens (primary N) is 1. The summed E-state index contributed by atoms with van der Waals surface area (Å²) in [6, 6.07) is 9.18. The Balaban J connectivity index is 0.00000225. The van der Waals surface area contributed by atoms with Crippen molar-refractivity contribution in [2.75, 3.05) is 22.5 Å². The van der Waals surface area contributed by atoms with E-state index in [9.17, 15) is 9.59 Å². The molecule has 0 radical (unpaired) electrons. The quantitative estimate of drug-likeness (QED) is 0.880. The molecule has 6 nitrogen and oxygen atoms in total. The molecule has 25 heavy (non-hydrogen) atoms. The van der Waals surface area contributed by atoms with Crippen LogP contribution in [0.3, 0.4) is 0 Å². The molecule has 2 heterocycles. The third kappa shape index (κ3) is 3.91. The van der Waals surface area contributed by atoms with Gasteiger partial charge in [-0.1, -0.05) is 12.1 Å². The van der Waals surface area contributed by atoms with Crippen LogP contribution in [0.4, 0.5) is 17.2 Å². The summed E-state index contributed by atoms with van der Waals surface area (Å²) < 4.78 is 0. The van der Waals surface area contributed by atoms with Crippen molar-refractivity contribution < 1.29 is 9.59 Å². The zero-order chi connectivity index (χ0) is 17.3. The van der Waals surface area contributed by atoms with E-state index in [1.54, 1.807) is 17.0 Å². The van der Waals surface area contributed by atoms with Crippen molar-refractivity contribution in [2.45, 2.75) is 20.3 Å². The number of nitrogens with zero attached hydrogens (tertiary/aromatic N) is 2. The number of halogens is 1. The number of nitrogen functional groups attached to an aromatic ring is 1. The Labute approximate surface area is 152 Å². The Bertz CT molecular complexity index is 792. The van der Waals surface area contributed by atoms with Gasteiger partial charge in [-0.25, -0.2) is 4.98 Å². The molecule has 1 aromatic heterocycles. The van der Waals surface area contributed by atoms with E-state index < -0.39 is 0 Å². The zero-order valence-corrected chi connectivity index (χ0v) is 15.0. The number of pyridine rings is 1. The lowest BCUT2D eigenvalue weighted by Gasteiger charge is -2.20. The van der Waals surface area contributed by atoms with Crippen molar-refractivity contribution in [2.24, 2.45) is 5.92 Å². The van der Waals surface area contributed by atoms with Crippen molar-refractivity contribution >= 4 is 41.4 Å². The molecule has 1 aromatic carbocycles. The van der Waals surface area contributed by atoms with Crippen LogP contribution in [0.2, 0.25) is 0 Å². The first-order chi connectivity index (χ1) is 11.5. The van der Waals surface area contributed by atoms with Crippen LogP contribution in [0.15, 0.2) is 36.5 Å². The summed E-state index contributed by atoms with van der Waals surface area (Å²) in [5.41, 5.74) is 9.18. The minimum atomic E-state index is -0.380. The van der Waals surface area contributed by atoms with Crippen molar-refractivity contribution in [3.63, 3.8) is 0 Å². The van der Waals surface area contributed by atoms with Gasteiger partial charge in [0, 0.05) is 18.7 Å². The molecule has 1 atom stereocenters. The number of amides is 2. The van der Waals surface area contributed by atoms with Gasteiger partial charge in [0.2, 0.25) is 11.8 Å². The number of hydrogen-bond acceptors (Lipinski definition) is 4. The first kappa shape index (κ1) is 18.7. The maximum atomic E-state index is 12.4. The van der Waals surface area contributed by atoms with E-state index in [-0.39, 0.29) is 36.6 Å². The normalized spacial score (nSPS) is 16.5. The summed E-state index contributed by atoms with van der Waals surface area (Å²) in [7, 11) is 0. The molecule has 0 spiro atoms. The third-order valence-corrected chi connectivity index (χ3v) is 4.42. The van der Waals surface area contributed by atoms with E-state index in [1.165, 1.54) is 6.20 Å². The highest BCUT2D eigenvalue weighted by Gasteiger charge is 2.35. The average Bonchev–Trinajstić information content (AvgIpc) is 2.94. The first-order valence-electron chi connectivity index (χ1n) is 7.84. The Morgan fingerprint density at radius 3 is 2.72 bits per heavy atom. The van der Waals surface area contributed by atoms with E-state index in [2.05, 4.69) is 10.3 Å². The van der Waals surface area contributed by atoms with Gasteiger partial charge < -0.3 is 16.0 Å². The Morgan fingerprint density at radius 1 is 1.28 bits per heavy atom. The lowest BCUT2D eigenvalue weighted by molar-refractivity contribution is -0.122. The molecule has 3 rings (SSSR count). The van der Waals surface area contributed by atoms with Crippen LogP contribution in [-0.4, -0.2) is 23.3 Å². The summed E-state index contributed by atoms with van der Waals surface area (Å²) in [6.45, 7) is 4.39. The van der Waals surface area contributed by atoms with Crippen LogP contribution in [0, 0.1) is 19.8 Å². The van der Waals surface area contributed by atoms with Gasteiger partial charge in [0.15, 0.2) is 0 Å². The number of benzene rings is 1. The summed E-state index contributed by atoms with van der Waals surface area (Å²) in [5, 5.41) is 2.79. The Kier molecular flexibility index (Phi) is 5.64. The molecule has 3 N–H and O–H groups in total. The fourth-order valence-corrected chi connectivity index (χ4v) is 2.87. The fraction of sp³-hybridized carbons (Fsp3) is 0.278. The van der Waals surface area contributed by atoms with Crippen LogP contribution in [-0.2, 0) is 9.59 Å². The zero-order valence-electron chi connectivity index (χ0n) is 14.2.